The Morgan fingerprint density at radius 2 is 1.61 bits per heavy atom. The van der Waals surface area contributed by atoms with Crippen LogP contribution in [0.3, 0.4) is 0 Å². The molecule has 0 radical (unpaired) electrons. The molecule has 4 N–H and O–H groups in total. The molecule has 0 aliphatic carbocycles. The van der Waals surface area contributed by atoms with Crippen LogP contribution >= 0.6 is 0 Å². The van der Waals surface area contributed by atoms with Crippen LogP contribution in [0.4, 0.5) is 24.5 Å². The Morgan fingerprint density at radius 3 is 2.18 bits per heavy atom. The van der Waals surface area contributed by atoms with Gasteiger partial charge in [-0.2, -0.15) is 13.2 Å². The van der Waals surface area contributed by atoms with Gasteiger partial charge < -0.3 is 10.4 Å². The van der Waals surface area contributed by atoms with E-state index in [2.05, 4.69) is 16.2 Å². The highest BCUT2D eigenvalue weighted by atomic mass is 19.4. The third-order valence-electron chi connectivity index (χ3n) is 4.13. The van der Waals surface area contributed by atoms with Gasteiger partial charge in [0.1, 0.15) is 5.60 Å². The third-order valence-corrected chi connectivity index (χ3v) is 4.13. The highest BCUT2D eigenvalue weighted by Gasteiger charge is 2.30. The normalized spacial score (nSPS) is 13.4. The molecule has 2 rings (SSSR count). The summed E-state index contributed by atoms with van der Waals surface area (Å²) in [4.78, 5) is 24.2. The number of aliphatic hydroxyl groups is 1. The first-order valence-corrected chi connectivity index (χ1v) is 8.41. The zero-order valence-electron chi connectivity index (χ0n) is 15.2. The number of hydrogen-bond donors (Lipinski definition) is 4. The smallest absolute Gasteiger partial charge is 0.380 e. The van der Waals surface area contributed by atoms with E-state index in [1.54, 1.807) is 25.1 Å². The van der Waals surface area contributed by atoms with Crippen molar-refractivity contribution < 1.29 is 27.9 Å². The zero-order chi connectivity index (χ0) is 20.9. The van der Waals surface area contributed by atoms with Crippen LogP contribution in [0.2, 0.25) is 0 Å². The molecule has 2 aromatic rings. The van der Waals surface area contributed by atoms with Gasteiger partial charge in [-0.05, 0) is 49.7 Å². The van der Waals surface area contributed by atoms with E-state index in [4.69, 9.17) is 0 Å². The van der Waals surface area contributed by atoms with Crippen molar-refractivity contribution >= 4 is 23.2 Å². The van der Waals surface area contributed by atoms with Crippen LogP contribution in [0, 0.1) is 0 Å². The van der Waals surface area contributed by atoms with Gasteiger partial charge in [0.05, 0.1) is 16.8 Å². The number of alkyl halides is 3. The second-order valence-corrected chi connectivity index (χ2v) is 6.28. The molecule has 0 saturated heterocycles. The lowest BCUT2D eigenvalue weighted by molar-refractivity contribution is -0.139. The lowest BCUT2D eigenvalue weighted by atomic mass is 10.0. The highest BCUT2D eigenvalue weighted by Crippen LogP contribution is 2.30. The molecule has 150 valence electrons. The van der Waals surface area contributed by atoms with Gasteiger partial charge in [0.25, 0.3) is 11.8 Å². The fourth-order valence-corrected chi connectivity index (χ4v) is 2.16. The quantitative estimate of drug-likeness (QED) is 0.585. The Hall–Kier alpha value is -3.07. The van der Waals surface area contributed by atoms with Gasteiger partial charge in [-0.15, -0.1) is 0 Å². The maximum atomic E-state index is 12.7. The average molecular weight is 395 g/mol. The Bertz CT molecular complexity index is 849. The Balaban J connectivity index is 2.12. The Labute approximate surface area is 159 Å². The monoisotopic (exact) mass is 395 g/mol. The van der Waals surface area contributed by atoms with E-state index in [0.29, 0.717) is 11.4 Å². The van der Waals surface area contributed by atoms with Gasteiger partial charge in [-0.1, -0.05) is 19.1 Å². The summed E-state index contributed by atoms with van der Waals surface area (Å²) >= 11 is 0. The summed E-state index contributed by atoms with van der Waals surface area (Å²) < 4.78 is 38.0. The molecule has 0 aliphatic heterocycles. The fourth-order valence-electron chi connectivity index (χ4n) is 2.16. The van der Waals surface area contributed by atoms with Crippen LogP contribution in [-0.2, 0) is 11.0 Å². The summed E-state index contributed by atoms with van der Waals surface area (Å²) in [7, 11) is 0. The van der Waals surface area contributed by atoms with E-state index in [9.17, 15) is 27.9 Å². The Morgan fingerprint density at radius 1 is 1.00 bits per heavy atom. The van der Waals surface area contributed by atoms with Crippen LogP contribution in [0.1, 0.15) is 36.2 Å². The van der Waals surface area contributed by atoms with E-state index < -0.39 is 29.2 Å². The number of hydrogen-bond acceptors (Lipinski definition) is 4. The maximum Gasteiger partial charge on any atom is 0.416 e. The van der Waals surface area contributed by atoms with Gasteiger partial charge >= 0.3 is 6.18 Å². The molecule has 0 spiro atoms. The van der Waals surface area contributed by atoms with E-state index in [1.165, 1.54) is 25.1 Å². The molecule has 0 aliphatic rings. The van der Waals surface area contributed by atoms with Crippen LogP contribution in [0.5, 0.6) is 0 Å². The van der Waals surface area contributed by atoms with Crippen molar-refractivity contribution in [3.8, 4) is 0 Å². The van der Waals surface area contributed by atoms with Gasteiger partial charge in [-0.3, -0.25) is 20.4 Å². The fraction of sp³-hybridized carbons (Fsp3) is 0.263. The van der Waals surface area contributed by atoms with Crippen LogP contribution < -0.4 is 16.2 Å². The van der Waals surface area contributed by atoms with Gasteiger partial charge in [0.2, 0.25) is 0 Å². The predicted octanol–water partition coefficient (Wildman–Crippen LogP) is 3.37. The third kappa shape index (κ3) is 5.23. The van der Waals surface area contributed by atoms with E-state index in [1.807, 2.05) is 0 Å². The molecule has 28 heavy (non-hydrogen) atoms. The van der Waals surface area contributed by atoms with Crippen molar-refractivity contribution in [3.05, 3.63) is 59.7 Å². The number of para-hydroxylation sites is 1. The number of carbonyl (C=O) groups is 2. The molecule has 1 unspecified atom stereocenters. The second-order valence-electron chi connectivity index (χ2n) is 6.28. The standard InChI is InChI=1S/C19H20F3N3O3/c1-3-18(2,28)17(27)25-24-16(26)14-6-4-5-7-15(14)23-13-10-8-12(9-11-13)19(20,21)22/h4-11,23,28H,3H2,1-2H3,(H,24,26)(H,25,27). The summed E-state index contributed by atoms with van der Waals surface area (Å²) in [6.45, 7) is 2.93. The van der Waals surface area contributed by atoms with Gasteiger partial charge in [0.15, 0.2) is 0 Å². The number of nitrogens with one attached hydrogen (secondary N) is 3. The highest BCUT2D eigenvalue weighted by molar-refractivity contribution is 6.01. The SMILES string of the molecule is CCC(C)(O)C(=O)NNC(=O)c1ccccc1Nc1ccc(C(F)(F)F)cc1. The van der Waals surface area contributed by atoms with E-state index in [0.717, 1.165) is 12.1 Å². The van der Waals surface area contributed by atoms with Crippen molar-refractivity contribution in [1.29, 1.82) is 0 Å². The minimum absolute atomic E-state index is 0.152. The van der Waals surface area contributed by atoms with Gasteiger partial charge in [0, 0.05) is 5.69 Å². The van der Waals surface area contributed by atoms with Crippen molar-refractivity contribution in [2.75, 3.05) is 5.32 Å². The number of rotatable bonds is 5. The number of carbonyl (C=O) groups excluding carboxylic acids is 2. The summed E-state index contributed by atoms with van der Waals surface area (Å²) in [6, 6.07) is 10.6. The summed E-state index contributed by atoms with van der Waals surface area (Å²) in [5, 5.41) is 12.7. The van der Waals surface area contributed by atoms with Gasteiger partial charge in [-0.25, -0.2) is 0 Å². The molecule has 2 amide bonds. The van der Waals surface area contributed by atoms with Crippen LogP contribution in [0.25, 0.3) is 0 Å². The molecular formula is C19H20F3N3O3. The van der Waals surface area contributed by atoms with Crippen LogP contribution in [-0.4, -0.2) is 22.5 Å². The van der Waals surface area contributed by atoms with E-state index in [-0.39, 0.29) is 12.0 Å². The number of halogens is 3. The van der Waals surface area contributed by atoms with Crippen molar-refractivity contribution in [2.24, 2.45) is 0 Å². The molecule has 0 saturated carbocycles. The summed E-state index contributed by atoms with van der Waals surface area (Å²) in [6.07, 6.45) is -4.28. The minimum Gasteiger partial charge on any atom is -0.380 e. The van der Waals surface area contributed by atoms with Crippen molar-refractivity contribution in [1.82, 2.24) is 10.9 Å². The summed E-state index contributed by atoms with van der Waals surface area (Å²) in [5.41, 5.74) is 2.77. The van der Waals surface area contributed by atoms with E-state index >= 15 is 0 Å². The average Bonchev–Trinajstić information content (AvgIpc) is 2.66. The second kappa shape index (κ2) is 8.30. The molecule has 6 nitrogen and oxygen atoms in total. The Kier molecular flexibility index (Phi) is 6.30. The number of amides is 2. The molecular weight excluding hydrogens is 375 g/mol. The molecule has 0 aromatic heterocycles. The van der Waals surface area contributed by atoms with Crippen LogP contribution in [0.15, 0.2) is 48.5 Å². The molecule has 0 heterocycles. The molecule has 2 aromatic carbocycles. The minimum atomic E-state index is -4.44. The molecule has 1 atom stereocenters. The van der Waals surface area contributed by atoms with Crippen molar-refractivity contribution in [2.45, 2.75) is 32.0 Å². The first kappa shape index (κ1) is 21.2. The number of benzene rings is 2. The summed E-state index contributed by atoms with van der Waals surface area (Å²) in [5.74, 6) is -1.42. The topological polar surface area (TPSA) is 90.5 Å². The number of hydrazine groups is 1. The molecule has 9 heteroatoms. The largest absolute Gasteiger partial charge is 0.416 e. The maximum absolute atomic E-state index is 12.7. The first-order valence-electron chi connectivity index (χ1n) is 8.41. The lowest BCUT2D eigenvalue weighted by Crippen LogP contribution is -2.51. The predicted molar refractivity (Wildman–Crippen MR) is 97.7 cm³/mol. The lowest BCUT2D eigenvalue weighted by Gasteiger charge is -2.20. The molecule has 0 fully saturated rings. The first-order chi connectivity index (χ1) is 13.0. The van der Waals surface area contributed by atoms with Crippen molar-refractivity contribution in [3.63, 3.8) is 0 Å². The molecule has 0 bridgehead atoms. The number of anilines is 2. The zero-order valence-corrected chi connectivity index (χ0v) is 15.2.